The lowest BCUT2D eigenvalue weighted by molar-refractivity contribution is -0.136. The summed E-state index contributed by atoms with van der Waals surface area (Å²) in [5.41, 5.74) is 2.09. The fourth-order valence-corrected chi connectivity index (χ4v) is 8.83. The Morgan fingerprint density at radius 2 is 1.74 bits per heavy atom. The summed E-state index contributed by atoms with van der Waals surface area (Å²) >= 11 is 0. The van der Waals surface area contributed by atoms with E-state index in [1.54, 1.807) is 0 Å². The predicted octanol–water partition coefficient (Wildman–Crippen LogP) is 2.56. The summed E-state index contributed by atoms with van der Waals surface area (Å²) in [6, 6.07) is 0. The van der Waals surface area contributed by atoms with Crippen molar-refractivity contribution in [3.8, 4) is 0 Å². The molecule has 0 saturated heterocycles. The van der Waals surface area contributed by atoms with Crippen molar-refractivity contribution in [1.29, 1.82) is 0 Å². The van der Waals surface area contributed by atoms with E-state index < -0.39 is 24.4 Å². The Hall–Kier alpha value is -0.760. The van der Waals surface area contributed by atoms with Crippen LogP contribution in [-0.4, -0.2) is 68.3 Å². The maximum absolute atomic E-state index is 11.3. The molecule has 194 valence electrons. The molecule has 6 N–H and O–H groups in total. The zero-order chi connectivity index (χ0) is 25.0. The van der Waals surface area contributed by atoms with E-state index in [0.717, 1.165) is 36.8 Å². The molecular formula is C28H46O6. The van der Waals surface area contributed by atoms with Crippen LogP contribution in [0.4, 0.5) is 0 Å². The third-order valence-electron chi connectivity index (χ3n) is 11.0. The molecule has 6 nitrogen and oxygen atoms in total. The maximum atomic E-state index is 11.3. The van der Waals surface area contributed by atoms with Gasteiger partial charge in [-0.2, -0.15) is 0 Å². The second-order valence-corrected chi connectivity index (χ2v) is 12.4. The predicted molar refractivity (Wildman–Crippen MR) is 131 cm³/mol. The van der Waals surface area contributed by atoms with Crippen LogP contribution in [0.2, 0.25) is 0 Å². The molecule has 0 aromatic carbocycles. The van der Waals surface area contributed by atoms with Crippen LogP contribution in [0.3, 0.4) is 0 Å². The molecular weight excluding hydrogens is 432 g/mol. The standard InChI is InChI=1S/C28H46O6/c1-15(17(13-29)14-30)9-23(32)16(2)20-5-6-21-26-22(7-8-27(20,21)3)28(4)18(11-24(26)33)10-19(31)12-25(28)34/h11,16,19-26,29-34H,5-10,12-14H2,1-4H3/t16-,19+,20+,21-,22-,23+,24+,25-,26-,27+,28-/m0/s1. The van der Waals surface area contributed by atoms with E-state index in [-0.39, 0.29) is 41.8 Å². The smallest absolute Gasteiger partial charge is 0.0757 e. The average molecular weight is 479 g/mol. The number of aliphatic hydroxyl groups is 6. The van der Waals surface area contributed by atoms with Gasteiger partial charge < -0.3 is 30.6 Å². The van der Waals surface area contributed by atoms with Crippen molar-refractivity contribution in [2.24, 2.45) is 40.4 Å². The van der Waals surface area contributed by atoms with E-state index in [1.165, 1.54) is 0 Å². The number of aliphatic hydroxyl groups excluding tert-OH is 6. The van der Waals surface area contributed by atoms with Gasteiger partial charge in [0, 0.05) is 11.8 Å². The van der Waals surface area contributed by atoms with Gasteiger partial charge in [-0.05, 0) is 86.0 Å². The van der Waals surface area contributed by atoms with Crippen molar-refractivity contribution in [3.05, 3.63) is 22.8 Å². The molecule has 0 aliphatic heterocycles. The fourth-order valence-electron chi connectivity index (χ4n) is 8.83. The Balaban J connectivity index is 1.57. The highest BCUT2D eigenvalue weighted by atomic mass is 16.3. The van der Waals surface area contributed by atoms with E-state index in [9.17, 15) is 30.6 Å². The van der Waals surface area contributed by atoms with Crippen molar-refractivity contribution in [3.63, 3.8) is 0 Å². The minimum atomic E-state index is -0.591. The zero-order valence-electron chi connectivity index (χ0n) is 21.3. The summed E-state index contributed by atoms with van der Waals surface area (Å²) in [6.45, 7) is 8.12. The Morgan fingerprint density at radius 1 is 1.06 bits per heavy atom. The molecule has 3 saturated carbocycles. The monoisotopic (exact) mass is 478 g/mol. The SMILES string of the molecule is CC(C[C@@H](O)[C@@H](C)[C@H]1CC[C@H]2[C@@H]3[C@H](O)C=C4C[C@@H](O)C[C@H](O)[C@]4(C)[C@H]3CC[C@]12C)=C(CO)CO. The van der Waals surface area contributed by atoms with Crippen LogP contribution in [-0.2, 0) is 0 Å². The molecule has 6 heteroatoms. The van der Waals surface area contributed by atoms with Gasteiger partial charge in [-0.15, -0.1) is 0 Å². The minimum absolute atomic E-state index is 0.0117. The zero-order valence-corrected chi connectivity index (χ0v) is 21.3. The van der Waals surface area contributed by atoms with Gasteiger partial charge in [0.05, 0.1) is 37.6 Å². The average Bonchev–Trinajstić information content (AvgIpc) is 3.13. The van der Waals surface area contributed by atoms with E-state index in [0.29, 0.717) is 36.7 Å². The van der Waals surface area contributed by atoms with Crippen molar-refractivity contribution >= 4 is 0 Å². The molecule has 3 fully saturated rings. The van der Waals surface area contributed by atoms with Gasteiger partial charge in [0.25, 0.3) is 0 Å². The van der Waals surface area contributed by atoms with E-state index >= 15 is 0 Å². The van der Waals surface area contributed by atoms with Crippen LogP contribution >= 0.6 is 0 Å². The quantitative estimate of drug-likeness (QED) is 0.326. The summed E-state index contributed by atoms with van der Waals surface area (Å²) in [6.07, 6.45) is 5.07. The Bertz CT molecular complexity index is 816. The lowest BCUT2D eigenvalue weighted by Crippen LogP contribution is -2.59. The summed E-state index contributed by atoms with van der Waals surface area (Å²) in [4.78, 5) is 0. The summed E-state index contributed by atoms with van der Waals surface area (Å²) < 4.78 is 0. The van der Waals surface area contributed by atoms with Crippen LogP contribution in [0.15, 0.2) is 22.8 Å². The summed E-state index contributed by atoms with van der Waals surface area (Å²) in [5, 5.41) is 62.7. The van der Waals surface area contributed by atoms with E-state index in [1.807, 2.05) is 13.0 Å². The minimum Gasteiger partial charge on any atom is -0.393 e. The Labute approximate surface area is 204 Å². The molecule has 4 aliphatic rings. The summed E-state index contributed by atoms with van der Waals surface area (Å²) in [5.74, 6) is 1.01. The number of fused-ring (bicyclic) bond motifs is 5. The molecule has 4 aliphatic carbocycles. The van der Waals surface area contributed by atoms with Gasteiger partial charge in [0.15, 0.2) is 0 Å². The fraction of sp³-hybridized carbons (Fsp3) is 0.857. The number of hydrogen-bond donors (Lipinski definition) is 6. The van der Waals surface area contributed by atoms with Gasteiger partial charge >= 0.3 is 0 Å². The molecule has 0 aromatic rings. The largest absolute Gasteiger partial charge is 0.393 e. The van der Waals surface area contributed by atoms with Crippen LogP contribution in [0, 0.1) is 40.4 Å². The molecule has 0 spiro atoms. The number of rotatable bonds is 6. The molecule has 0 bridgehead atoms. The molecule has 0 radical (unpaired) electrons. The van der Waals surface area contributed by atoms with Crippen molar-refractivity contribution in [2.75, 3.05) is 13.2 Å². The van der Waals surface area contributed by atoms with Gasteiger partial charge in [-0.3, -0.25) is 0 Å². The number of hydrogen-bond acceptors (Lipinski definition) is 6. The summed E-state index contributed by atoms with van der Waals surface area (Å²) in [7, 11) is 0. The molecule has 0 amide bonds. The Kier molecular flexibility index (Phi) is 7.43. The highest BCUT2D eigenvalue weighted by molar-refractivity contribution is 5.30. The maximum Gasteiger partial charge on any atom is 0.0757 e. The lowest BCUT2D eigenvalue weighted by atomic mass is 9.45. The van der Waals surface area contributed by atoms with E-state index in [2.05, 4.69) is 20.8 Å². The van der Waals surface area contributed by atoms with Crippen LogP contribution in [0.1, 0.15) is 72.6 Å². The third-order valence-corrected chi connectivity index (χ3v) is 11.0. The lowest BCUT2D eigenvalue weighted by Gasteiger charge is -2.60. The van der Waals surface area contributed by atoms with Crippen LogP contribution < -0.4 is 0 Å². The first-order valence-corrected chi connectivity index (χ1v) is 13.3. The highest BCUT2D eigenvalue weighted by Gasteiger charge is 2.63. The Morgan fingerprint density at radius 3 is 2.38 bits per heavy atom. The first-order chi connectivity index (χ1) is 16.0. The normalized spacial score (nSPS) is 45.5. The molecule has 4 rings (SSSR count). The first-order valence-electron chi connectivity index (χ1n) is 13.3. The van der Waals surface area contributed by atoms with Crippen molar-refractivity contribution in [2.45, 2.75) is 97.1 Å². The van der Waals surface area contributed by atoms with Gasteiger partial charge in [0.1, 0.15) is 0 Å². The third kappa shape index (κ3) is 4.03. The van der Waals surface area contributed by atoms with Gasteiger partial charge in [-0.1, -0.05) is 38.0 Å². The molecule has 0 heterocycles. The van der Waals surface area contributed by atoms with Crippen molar-refractivity contribution < 1.29 is 30.6 Å². The highest BCUT2D eigenvalue weighted by Crippen LogP contribution is 2.67. The van der Waals surface area contributed by atoms with Crippen LogP contribution in [0.5, 0.6) is 0 Å². The first kappa shape index (κ1) is 26.3. The van der Waals surface area contributed by atoms with Crippen molar-refractivity contribution in [1.82, 2.24) is 0 Å². The van der Waals surface area contributed by atoms with E-state index in [4.69, 9.17) is 0 Å². The van der Waals surface area contributed by atoms with Gasteiger partial charge in [0.2, 0.25) is 0 Å². The second-order valence-electron chi connectivity index (χ2n) is 12.4. The molecule has 0 aromatic heterocycles. The molecule has 11 atom stereocenters. The van der Waals surface area contributed by atoms with Gasteiger partial charge in [-0.25, -0.2) is 0 Å². The molecule has 34 heavy (non-hydrogen) atoms. The topological polar surface area (TPSA) is 121 Å². The van der Waals surface area contributed by atoms with Crippen LogP contribution in [0.25, 0.3) is 0 Å². The second kappa shape index (κ2) is 9.60. The molecule has 0 unspecified atom stereocenters.